The average molecular weight is 1700 g/mol. The summed E-state index contributed by atoms with van der Waals surface area (Å²) < 4.78 is 0. The van der Waals surface area contributed by atoms with Gasteiger partial charge in [0, 0.05) is 72.4 Å². The third-order valence-electron chi connectivity index (χ3n) is 27.2. The van der Waals surface area contributed by atoms with E-state index in [9.17, 15) is 20.1 Å². The highest BCUT2D eigenvalue weighted by molar-refractivity contribution is 7.25. The first-order valence-electron chi connectivity index (χ1n) is 46.7. The van der Waals surface area contributed by atoms with Gasteiger partial charge < -0.3 is 0 Å². The number of allylic oxidation sites excluding steroid dienone is 6. The topological polar surface area (TPSA) is 90.4 Å². The molecule has 2 unspecified atom stereocenters. The Morgan fingerprint density at radius 1 is 0.363 bits per heavy atom. The Balaban J connectivity index is 1.03. The van der Waals surface area contributed by atoms with Gasteiger partial charge in [-0.1, -0.05) is 329 Å². The highest BCUT2D eigenvalue weighted by Gasteiger charge is 2.54. The molecule has 4 aliphatic rings. The number of ketones is 2. The fourth-order valence-electron chi connectivity index (χ4n) is 20.4. The van der Waals surface area contributed by atoms with Crippen molar-refractivity contribution < 1.29 is 9.59 Å². The fraction of sp³-hybridized carbons (Fsp3) is 0.368. The molecule has 0 saturated carbocycles. The van der Waals surface area contributed by atoms with Gasteiger partial charge in [-0.2, -0.15) is 0 Å². The Morgan fingerprint density at radius 3 is 0.968 bits per heavy atom. The van der Waals surface area contributed by atoms with E-state index in [-0.39, 0.29) is 23.0 Å². The Hall–Kier alpha value is -10.4. The first-order valence-corrected chi connectivity index (χ1v) is 49.9. The van der Waals surface area contributed by atoms with E-state index in [1.807, 2.05) is 83.4 Å². The molecule has 0 bridgehead atoms. The van der Waals surface area contributed by atoms with Crippen LogP contribution in [0.1, 0.15) is 329 Å². The lowest BCUT2D eigenvalue weighted by molar-refractivity contribution is 0.103. The van der Waals surface area contributed by atoms with E-state index in [0.29, 0.717) is 56.4 Å². The van der Waals surface area contributed by atoms with Crippen LogP contribution in [0.25, 0.3) is 73.4 Å². The van der Waals surface area contributed by atoms with Crippen LogP contribution in [0.4, 0.5) is 0 Å². The second kappa shape index (κ2) is 40.7. The van der Waals surface area contributed by atoms with Crippen LogP contribution in [0.15, 0.2) is 205 Å². The molecule has 0 aliphatic heterocycles. The van der Waals surface area contributed by atoms with Gasteiger partial charge in [-0.05, 0) is 225 Å². The van der Waals surface area contributed by atoms with Crippen molar-refractivity contribution in [2.75, 3.05) is 0 Å². The van der Waals surface area contributed by atoms with Gasteiger partial charge in [-0.3, -0.25) is 9.59 Å². The van der Waals surface area contributed by atoms with E-state index in [2.05, 4.69) is 211 Å². The Bertz CT molecular complexity index is 5520. The van der Waals surface area contributed by atoms with Crippen molar-refractivity contribution in [3.05, 3.63) is 337 Å². The number of nitrogens with zero attached hydrogens (tertiary/aromatic N) is 4. The van der Waals surface area contributed by atoms with Gasteiger partial charge in [0.05, 0.1) is 36.1 Å². The third kappa shape index (κ3) is 17.5. The lowest BCUT2D eigenvalue weighted by Crippen LogP contribution is -2.30. The van der Waals surface area contributed by atoms with Gasteiger partial charge in [0.15, 0.2) is 11.6 Å². The van der Waals surface area contributed by atoms with Crippen LogP contribution in [0.3, 0.4) is 0 Å². The molecule has 7 aromatic carbocycles. The van der Waals surface area contributed by atoms with Crippen LogP contribution >= 0.6 is 45.3 Å². The number of Topliss-reactive ketones (excluding diaryl/α,β-unsaturated/α-hetero) is 2. The molecule has 0 spiro atoms. The van der Waals surface area contributed by atoms with E-state index in [1.165, 1.54) is 195 Å². The van der Waals surface area contributed by atoms with Crippen molar-refractivity contribution in [1.82, 2.24) is 0 Å². The van der Waals surface area contributed by atoms with Crippen LogP contribution < -0.4 is 0 Å². The van der Waals surface area contributed by atoms with Crippen molar-refractivity contribution >= 4 is 80.2 Å². The predicted octanol–water partition coefficient (Wildman–Crippen LogP) is 32.9. The number of benzene rings is 7. The predicted molar refractivity (Wildman–Crippen MR) is 525 cm³/mol. The smallest absolute Gasteiger partial charge is 0.270 e. The molecule has 10 heteroatoms. The van der Waals surface area contributed by atoms with Gasteiger partial charge in [-0.15, -0.1) is 45.3 Å². The zero-order chi connectivity index (χ0) is 86.4. The molecule has 15 rings (SSSR count). The van der Waals surface area contributed by atoms with Crippen LogP contribution in [0.5, 0.6) is 0 Å². The van der Waals surface area contributed by atoms with Gasteiger partial charge >= 0.3 is 0 Å². The van der Waals surface area contributed by atoms with Crippen LogP contribution in [0, 0.1) is 47.6 Å². The summed E-state index contributed by atoms with van der Waals surface area (Å²) in [5.74, 6) is 0.525. The van der Waals surface area contributed by atoms with Gasteiger partial charge in [0.2, 0.25) is 0 Å². The molecule has 0 saturated heterocycles. The molecule has 4 aliphatic carbocycles. The number of carbonyl (C=O) groups is 2. The molecule has 6 nitrogen and oxygen atoms in total. The van der Waals surface area contributed by atoms with Crippen molar-refractivity contribution in [2.45, 2.75) is 259 Å². The van der Waals surface area contributed by atoms with Crippen molar-refractivity contribution in [3.63, 3.8) is 0 Å². The van der Waals surface area contributed by atoms with Crippen LogP contribution in [-0.2, 0) is 49.4 Å². The lowest BCUT2D eigenvalue weighted by atomic mass is 9.65. The van der Waals surface area contributed by atoms with E-state index in [4.69, 9.17) is 13.1 Å². The summed E-state index contributed by atoms with van der Waals surface area (Å²) >= 11 is 7.33. The number of rotatable bonds is 40. The van der Waals surface area contributed by atoms with Gasteiger partial charge in [0.25, 0.3) is 11.4 Å². The zero-order valence-electron chi connectivity index (χ0n) is 74.1. The number of hydrogen-bond acceptors (Lipinski definition) is 8. The summed E-state index contributed by atoms with van der Waals surface area (Å²) in [6.07, 6.45) is 37.6. The molecule has 0 amide bonds. The maximum Gasteiger partial charge on any atom is 0.270 e. The lowest BCUT2D eigenvalue weighted by Gasteiger charge is -2.36. The van der Waals surface area contributed by atoms with E-state index in [1.54, 1.807) is 22.7 Å². The molecular weight excluding hydrogens is 1590 g/mol. The minimum absolute atomic E-state index is 0.0756. The Labute approximate surface area is 755 Å². The Kier molecular flexibility index (Phi) is 29.0. The third-order valence-corrected chi connectivity index (χ3v) is 32.1. The SMILES string of the molecule is [C-]#[N+]/C(C#N)=C1\C(=C\c2cc(CC(CC)CCCC)c(-c3cc4c(s3)-c3cc5c(cc3C4(c3ccc(CCCCCC)cc3)c3ccc(CCCCCC)cc3)-c3sc(-c4sc(/C=C6\C(=O)c7ccccc7\C6=C(\C#N)[N+]#[C-])cc4CC(CC)CCCC)cc3C5(c3ccc(CCCCCC)cc3)c3ccc(CCCCCC)cc3)s2)C(=O)c2ccccc21. The normalized spacial score (nSPS) is 15.7. The summed E-state index contributed by atoms with van der Waals surface area (Å²) in [6.45, 7) is 34.9. The summed E-state index contributed by atoms with van der Waals surface area (Å²) in [4.78, 5) is 46.4. The van der Waals surface area contributed by atoms with Crippen LogP contribution in [-0.4, -0.2) is 11.6 Å². The molecule has 0 radical (unpaired) electrons. The van der Waals surface area contributed by atoms with E-state index >= 15 is 0 Å². The van der Waals surface area contributed by atoms with Crippen molar-refractivity contribution in [3.8, 4) is 52.5 Å². The maximum absolute atomic E-state index is 14.9. The first-order chi connectivity index (χ1) is 60.8. The number of unbranched alkanes of at least 4 members (excludes halogenated alkanes) is 14. The first kappa shape index (κ1) is 88.5. The van der Waals surface area contributed by atoms with Crippen LogP contribution in [0.2, 0.25) is 0 Å². The second-order valence-corrected chi connectivity index (χ2v) is 39.5. The van der Waals surface area contributed by atoms with E-state index < -0.39 is 10.8 Å². The zero-order valence-corrected chi connectivity index (χ0v) is 77.3. The number of thiophene rings is 4. The fourth-order valence-corrected chi connectivity index (χ4v) is 25.4. The number of fused-ring (bicyclic) bond motifs is 8. The van der Waals surface area contributed by atoms with Gasteiger partial charge in [0.1, 0.15) is 0 Å². The monoisotopic (exact) mass is 1700 g/mol. The standard InChI is InChI=1S/C114H118N4O2S4/c1-11-19-25-29-39-77-47-55-83(56-48-77)113(84-57-49-78(50-58-84)40-30-26-20-12-2)97-69-94-98(70-93(97)111-99(113)71-103(123-111)109-81(63-75(17-7)37-23-15-5)65-87(121-109)67-95-105(101(73-115)117-9)89-43-33-35-45-91(89)107(95)119)114(85-59-51-79(52-60-85)41-31-27-21-13-3,86-61-53-80(54-62-86)42-32-28-22-14-4)100-72-104(124-112(94)100)110-82(64-76(18-8)38-24-16-6)66-88(122-110)68-96-106(102(74-116)118-10)90-44-34-36-46-92(90)108(96)120/h33-36,43-62,65-72,75-76H,11-32,37-42,63-64H2,1-8H3/b95-67-,96-68-,105-101-,106-102+. The number of nitriles is 2. The molecule has 0 N–H and O–H groups in total. The molecule has 2 atom stereocenters. The summed E-state index contributed by atoms with van der Waals surface area (Å²) in [6, 6.07) is 73.9. The number of hydrogen-bond donors (Lipinski definition) is 0. The molecular formula is C114H118N4O2S4. The highest BCUT2D eigenvalue weighted by atomic mass is 32.1. The summed E-state index contributed by atoms with van der Waals surface area (Å²) in [5.41, 5.74) is 22.6. The minimum atomic E-state index is -0.814. The Morgan fingerprint density at radius 2 is 0.677 bits per heavy atom. The quantitative estimate of drug-likeness (QED) is 0.0166. The molecule has 4 heterocycles. The van der Waals surface area contributed by atoms with Crippen molar-refractivity contribution in [2.24, 2.45) is 11.8 Å². The average Bonchev–Trinajstić information content (AvgIpc) is 1.50. The number of aryl methyl sites for hydroxylation is 4. The minimum Gasteiger partial charge on any atom is -0.289 e. The molecule has 630 valence electrons. The van der Waals surface area contributed by atoms with E-state index in [0.717, 1.165) is 125 Å². The maximum atomic E-state index is 14.9. The summed E-state index contributed by atoms with van der Waals surface area (Å²) in [7, 11) is 0. The molecule has 124 heavy (non-hydrogen) atoms. The van der Waals surface area contributed by atoms with Gasteiger partial charge in [-0.25, -0.2) is 20.2 Å². The molecule has 4 aromatic heterocycles. The second-order valence-electron chi connectivity index (χ2n) is 35.2. The molecule has 0 fully saturated rings. The molecule has 11 aromatic rings. The number of carbonyl (C=O) groups excluding carboxylic acids is 2. The highest BCUT2D eigenvalue weighted by Crippen LogP contribution is 2.67. The summed E-state index contributed by atoms with van der Waals surface area (Å²) in [5, 5.41) is 21.2. The largest absolute Gasteiger partial charge is 0.289 e. The van der Waals surface area contributed by atoms with Crippen molar-refractivity contribution in [1.29, 1.82) is 10.5 Å².